The molecule has 0 spiro atoms. The highest BCUT2D eigenvalue weighted by Crippen LogP contribution is 2.29. The number of benzene rings is 2. The quantitative estimate of drug-likeness (QED) is 0.628. The molecule has 1 unspecified atom stereocenters. The number of hydrogen-bond donors (Lipinski definition) is 0. The first-order valence-corrected chi connectivity index (χ1v) is 7.92. The highest BCUT2D eigenvalue weighted by Gasteiger charge is 2.22. The van der Waals surface area contributed by atoms with Crippen molar-refractivity contribution < 1.29 is 8.94 Å². The van der Waals surface area contributed by atoms with Gasteiger partial charge in [0, 0.05) is 9.86 Å². The average molecular weight is 352 g/mol. The maximum Gasteiger partial charge on any atom is 0.180 e. The van der Waals surface area contributed by atoms with Gasteiger partial charge in [-0.3, -0.25) is 0 Å². The molecule has 1 atom stereocenters. The largest absolute Gasteiger partial charge is 0.587 e. The molecular formula is C15H11BrFNOS. The van der Waals surface area contributed by atoms with E-state index in [1.54, 1.807) is 12.1 Å². The molecule has 20 heavy (non-hydrogen) atoms. The molecule has 0 radical (unpaired) electrons. The van der Waals surface area contributed by atoms with Crippen LogP contribution >= 0.6 is 15.9 Å². The molecule has 5 heteroatoms. The Bertz CT molecular complexity index is 772. The van der Waals surface area contributed by atoms with Crippen molar-refractivity contribution in [2.24, 2.45) is 0 Å². The summed E-state index contributed by atoms with van der Waals surface area (Å²) in [5, 5.41) is 0.735. The second-order valence-electron chi connectivity index (χ2n) is 4.47. The van der Waals surface area contributed by atoms with E-state index in [4.69, 9.17) is 0 Å². The minimum atomic E-state index is -1.46. The van der Waals surface area contributed by atoms with E-state index in [1.165, 1.54) is 10.0 Å². The number of halogens is 2. The molecule has 0 fully saturated rings. The number of aromatic nitrogens is 1. The first-order chi connectivity index (χ1) is 9.58. The third kappa shape index (κ3) is 2.26. The molecule has 0 aliphatic carbocycles. The molecule has 0 saturated carbocycles. The van der Waals surface area contributed by atoms with Crippen LogP contribution in [0.4, 0.5) is 4.39 Å². The first-order valence-electron chi connectivity index (χ1n) is 6.02. The smallest absolute Gasteiger partial charge is 0.180 e. The van der Waals surface area contributed by atoms with Gasteiger partial charge in [-0.2, -0.15) is 3.97 Å². The lowest BCUT2D eigenvalue weighted by Crippen LogP contribution is -2.14. The number of fused-ring (bicyclic) bond motifs is 1. The highest BCUT2D eigenvalue weighted by atomic mass is 79.9. The Kier molecular flexibility index (Phi) is 3.58. The summed E-state index contributed by atoms with van der Waals surface area (Å²) in [5.74, 6) is -0.383. The minimum Gasteiger partial charge on any atom is -0.587 e. The molecule has 0 saturated heterocycles. The van der Waals surface area contributed by atoms with Crippen molar-refractivity contribution in [3.05, 3.63) is 64.5 Å². The van der Waals surface area contributed by atoms with Crippen LogP contribution in [0.15, 0.2) is 57.9 Å². The van der Waals surface area contributed by atoms with Gasteiger partial charge in [0.25, 0.3) is 0 Å². The standard InChI is InChI=1S/C15H11BrFNOS/c1-10-7-11-8-12(16)9-14(17)15(11)18(10)20(19)13-5-3-2-4-6-13/h2-9H,1H3. The lowest BCUT2D eigenvalue weighted by Gasteiger charge is -2.13. The number of nitrogens with zero attached hydrogens (tertiary/aromatic N) is 1. The molecule has 0 amide bonds. The molecule has 2 nitrogen and oxygen atoms in total. The zero-order chi connectivity index (χ0) is 14.3. The van der Waals surface area contributed by atoms with E-state index in [2.05, 4.69) is 15.9 Å². The number of rotatable bonds is 2. The Hall–Kier alpha value is -1.30. The lowest BCUT2D eigenvalue weighted by molar-refractivity contribution is 0.584. The van der Waals surface area contributed by atoms with Gasteiger partial charge in [0.1, 0.15) is 16.9 Å². The van der Waals surface area contributed by atoms with E-state index in [9.17, 15) is 8.94 Å². The first kappa shape index (κ1) is 13.7. The summed E-state index contributed by atoms with van der Waals surface area (Å²) in [4.78, 5) is 0.649. The predicted molar refractivity (Wildman–Crippen MR) is 82.6 cm³/mol. The molecule has 102 valence electrons. The van der Waals surface area contributed by atoms with Gasteiger partial charge in [-0.25, -0.2) is 4.39 Å². The molecule has 3 aromatic rings. The molecule has 1 aromatic heterocycles. The molecular weight excluding hydrogens is 341 g/mol. The molecule has 2 aromatic carbocycles. The summed E-state index contributed by atoms with van der Waals surface area (Å²) in [6.07, 6.45) is 0. The predicted octanol–water partition coefficient (Wildman–Crippen LogP) is 4.42. The van der Waals surface area contributed by atoms with E-state index in [0.717, 1.165) is 11.1 Å². The van der Waals surface area contributed by atoms with Crippen molar-refractivity contribution in [1.82, 2.24) is 3.97 Å². The number of hydrogen-bond acceptors (Lipinski definition) is 1. The molecule has 3 rings (SSSR count). The van der Waals surface area contributed by atoms with Crippen LogP contribution in [0.3, 0.4) is 0 Å². The molecule has 1 heterocycles. The van der Waals surface area contributed by atoms with Gasteiger partial charge in [-0.15, -0.1) is 0 Å². The summed E-state index contributed by atoms with van der Waals surface area (Å²) >= 11 is 1.82. The van der Waals surface area contributed by atoms with Crippen molar-refractivity contribution in [2.45, 2.75) is 11.8 Å². The molecule has 0 aliphatic rings. The van der Waals surface area contributed by atoms with E-state index >= 15 is 0 Å². The van der Waals surface area contributed by atoms with Gasteiger partial charge < -0.3 is 4.55 Å². The zero-order valence-corrected chi connectivity index (χ0v) is 13.0. The fraction of sp³-hybridized carbons (Fsp3) is 0.0667. The van der Waals surface area contributed by atoms with Crippen molar-refractivity contribution in [2.75, 3.05) is 0 Å². The van der Waals surface area contributed by atoms with Gasteiger partial charge in [0.2, 0.25) is 0 Å². The Morgan fingerprint density at radius 1 is 1.15 bits per heavy atom. The number of aryl methyl sites for hydroxylation is 1. The van der Waals surface area contributed by atoms with Crippen molar-refractivity contribution in [3.8, 4) is 0 Å². The van der Waals surface area contributed by atoms with Crippen LogP contribution in [0.2, 0.25) is 0 Å². The van der Waals surface area contributed by atoms with E-state index in [1.807, 2.05) is 37.3 Å². The van der Waals surface area contributed by atoms with E-state index in [-0.39, 0.29) is 5.82 Å². The second kappa shape index (κ2) is 5.24. The fourth-order valence-electron chi connectivity index (χ4n) is 2.23. The van der Waals surface area contributed by atoms with Crippen LogP contribution in [-0.4, -0.2) is 8.53 Å². The van der Waals surface area contributed by atoms with Crippen molar-refractivity contribution in [3.63, 3.8) is 0 Å². The Morgan fingerprint density at radius 2 is 1.85 bits per heavy atom. The van der Waals surface area contributed by atoms with Crippen LogP contribution in [-0.2, 0) is 11.4 Å². The SMILES string of the molecule is Cc1cc2cc(Br)cc(F)c2n1[S+]([O-])c1ccccc1. The summed E-state index contributed by atoms with van der Waals surface area (Å²) in [5.41, 5.74) is 1.13. The Labute approximate surface area is 127 Å². The van der Waals surface area contributed by atoms with Crippen LogP contribution < -0.4 is 0 Å². The Balaban J connectivity index is 2.24. The lowest BCUT2D eigenvalue weighted by atomic mass is 10.2. The second-order valence-corrected chi connectivity index (χ2v) is 6.72. The molecule has 0 bridgehead atoms. The summed E-state index contributed by atoms with van der Waals surface area (Å²) in [6, 6.07) is 14.1. The molecule has 0 N–H and O–H groups in total. The maximum atomic E-state index is 14.2. The van der Waals surface area contributed by atoms with Gasteiger partial charge in [-0.05, 0) is 37.3 Å². The van der Waals surface area contributed by atoms with Crippen LogP contribution in [0.25, 0.3) is 10.9 Å². The monoisotopic (exact) mass is 351 g/mol. The fourth-order valence-corrected chi connectivity index (χ4v) is 3.95. The van der Waals surface area contributed by atoms with Gasteiger partial charge in [-0.1, -0.05) is 34.1 Å². The average Bonchev–Trinajstić information content (AvgIpc) is 2.75. The topological polar surface area (TPSA) is 28.0 Å². The zero-order valence-electron chi connectivity index (χ0n) is 10.6. The minimum absolute atomic E-state index is 0.368. The van der Waals surface area contributed by atoms with E-state index < -0.39 is 11.4 Å². The van der Waals surface area contributed by atoms with Crippen molar-refractivity contribution in [1.29, 1.82) is 0 Å². The normalized spacial score (nSPS) is 12.8. The summed E-state index contributed by atoms with van der Waals surface area (Å²) in [7, 11) is 0. The van der Waals surface area contributed by atoms with Crippen LogP contribution in [0.1, 0.15) is 5.69 Å². The summed E-state index contributed by atoms with van der Waals surface area (Å²) in [6.45, 7) is 1.83. The maximum absolute atomic E-state index is 14.2. The molecule has 0 aliphatic heterocycles. The summed E-state index contributed by atoms with van der Waals surface area (Å²) < 4.78 is 29.1. The third-order valence-corrected chi connectivity index (χ3v) is 4.99. The Morgan fingerprint density at radius 3 is 2.55 bits per heavy atom. The van der Waals surface area contributed by atoms with E-state index in [0.29, 0.717) is 14.9 Å². The van der Waals surface area contributed by atoms with Crippen molar-refractivity contribution >= 4 is 38.2 Å². The highest BCUT2D eigenvalue weighted by molar-refractivity contribution is 9.10. The van der Waals surface area contributed by atoms with Gasteiger partial charge in [0.05, 0.1) is 5.69 Å². The van der Waals surface area contributed by atoms with Crippen LogP contribution in [0.5, 0.6) is 0 Å². The third-order valence-electron chi connectivity index (χ3n) is 3.06. The van der Waals surface area contributed by atoms with Gasteiger partial charge >= 0.3 is 0 Å². The van der Waals surface area contributed by atoms with Gasteiger partial charge in [0.15, 0.2) is 10.7 Å². The van der Waals surface area contributed by atoms with Crippen LogP contribution in [0, 0.1) is 12.7 Å².